The molecule has 1 unspecified atom stereocenters. The third-order valence-electron chi connectivity index (χ3n) is 3.23. The number of likely N-dealkylation sites (tertiary alicyclic amines) is 1. The van der Waals surface area contributed by atoms with Crippen molar-refractivity contribution in [2.45, 2.75) is 38.1 Å². The summed E-state index contributed by atoms with van der Waals surface area (Å²) in [5, 5.41) is 3.55. The molecule has 2 saturated heterocycles. The van der Waals surface area contributed by atoms with Crippen molar-refractivity contribution in [2.24, 2.45) is 5.73 Å². The molecule has 3 atom stereocenters. The Morgan fingerprint density at radius 3 is 3.21 bits per heavy atom. The number of nitrogens with zero attached hydrogens (tertiary/aromatic N) is 1. The molecule has 82 valence electrons. The summed E-state index contributed by atoms with van der Waals surface area (Å²) in [7, 11) is 0. The molecule has 3 N–H and O–H groups in total. The Bertz CT molecular complexity index is 186. The summed E-state index contributed by atoms with van der Waals surface area (Å²) < 4.78 is 5.83. The Balaban J connectivity index is 1.93. The first kappa shape index (κ1) is 10.4. The molecule has 0 spiro atoms. The molecule has 0 aliphatic carbocycles. The monoisotopic (exact) mass is 199 g/mol. The topological polar surface area (TPSA) is 50.5 Å². The fraction of sp³-hybridized carbons (Fsp3) is 1.00. The Kier molecular flexibility index (Phi) is 3.38. The molecule has 0 radical (unpaired) electrons. The second-order valence-electron chi connectivity index (χ2n) is 4.35. The van der Waals surface area contributed by atoms with E-state index in [1.165, 1.54) is 0 Å². The highest BCUT2D eigenvalue weighted by Gasteiger charge is 2.31. The van der Waals surface area contributed by atoms with E-state index in [0.29, 0.717) is 12.1 Å². The number of piperidine rings is 1. The number of rotatable bonds is 1. The molecule has 2 fully saturated rings. The van der Waals surface area contributed by atoms with Crippen LogP contribution in [0.2, 0.25) is 0 Å². The van der Waals surface area contributed by atoms with E-state index in [9.17, 15) is 0 Å². The molecule has 4 nitrogen and oxygen atoms in total. The van der Waals surface area contributed by atoms with E-state index in [0.717, 1.165) is 39.1 Å². The fourth-order valence-corrected chi connectivity index (χ4v) is 2.31. The summed E-state index contributed by atoms with van der Waals surface area (Å²) >= 11 is 0. The normalized spacial score (nSPS) is 37.3. The third kappa shape index (κ3) is 2.25. The van der Waals surface area contributed by atoms with Gasteiger partial charge in [-0.1, -0.05) is 0 Å². The van der Waals surface area contributed by atoms with Crippen LogP contribution in [0.5, 0.6) is 0 Å². The lowest BCUT2D eigenvalue weighted by Gasteiger charge is -2.39. The molecule has 2 rings (SSSR count). The van der Waals surface area contributed by atoms with E-state index in [1.807, 2.05) is 6.92 Å². The zero-order valence-corrected chi connectivity index (χ0v) is 8.91. The first-order valence-corrected chi connectivity index (χ1v) is 5.62. The van der Waals surface area contributed by atoms with E-state index in [-0.39, 0.29) is 6.17 Å². The van der Waals surface area contributed by atoms with E-state index in [4.69, 9.17) is 10.5 Å². The van der Waals surface area contributed by atoms with Crippen LogP contribution in [0.4, 0.5) is 0 Å². The van der Waals surface area contributed by atoms with Crippen LogP contribution in [0.3, 0.4) is 0 Å². The van der Waals surface area contributed by atoms with Crippen LogP contribution in [0, 0.1) is 0 Å². The fourth-order valence-electron chi connectivity index (χ4n) is 2.31. The van der Waals surface area contributed by atoms with Gasteiger partial charge in [-0.3, -0.25) is 4.90 Å². The van der Waals surface area contributed by atoms with E-state index in [2.05, 4.69) is 10.2 Å². The van der Waals surface area contributed by atoms with Crippen molar-refractivity contribution in [3.63, 3.8) is 0 Å². The van der Waals surface area contributed by atoms with Crippen LogP contribution in [0.25, 0.3) is 0 Å². The molecule has 0 amide bonds. The summed E-state index contributed by atoms with van der Waals surface area (Å²) in [6.07, 6.45) is 2.79. The average Bonchev–Trinajstić information content (AvgIpc) is 2.41. The lowest BCUT2D eigenvalue weighted by Crippen LogP contribution is -2.56. The summed E-state index contributed by atoms with van der Waals surface area (Å²) in [4.78, 5) is 2.30. The van der Waals surface area contributed by atoms with Crippen molar-refractivity contribution in [1.29, 1.82) is 0 Å². The molecule has 0 aromatic carbocycles. The number of nitrogens with two attached hydrogens (primary N) is 1. The highest BCUT2D eigenvalue weighted by molar-refractivity contribution is 4.88. The molecule has 0 bridgehead atoms. The molecular formula is C10H21N3O. The maximum absolute atomic E-state index is 5.88. The quantitative estimate of drug-likeness (QED) is 0.611. The van der Waals surface area contributed by atoms with Gasteiger partial charge in [0.25, 0.3) is 0 Å². The van der Waals surface area contributed by atoms with Crippen molar-refractivity contribution in [1.82, 2.24) is 10.2 Å². The van der Waals surface area contributed by atoms with Crippen LogP contribution in [-0.4, -0.2) is 49.5 Å². The van der Waals surface area contributed by atoms with Gasteiger partial charge in [0.05, 0.1) is 12.3 Å². The van der Waals surface area contributed by atoms with Crippen molar-refractivity contribution in [3.8, 4) is 0 Å². The molecule has 2 aliphatic heterocycles. The molecular weight excluding hydrogens is 178 g/mol. The van der Waals surface area contributed by atoms with Gasteiger partial charge < -0.3 is 15.8 Å². The molecule has 0 aromatic heterocycles. The van der Waals surface area contributed by atoms with Crippen molar-refractivity contribution >= 4 is 0 Å². The number of hydrogen-bond acceptors (Lipinski definition) is 4. The van der Waals surface area contributed by atoms with E-state index >= 15 is 0 Å². The van der Waals surface area contributed by atoms with Crippen LogP contribution in [0.1, 0.15) is 19.8 Å². The van der Waals surface area contributed by atoms with Gasteiger partial charge in [-0.2, -0.15) is 0 Å². The predicted octanol–water partition coefficient (Wildman–Crippen LogP) is -0.256. The van der Waals surface area contributed by atoms with E-state index in [1.54, 1.807) is 0 Å². The van der Waals surface area contributed by atoms with Gasteiger partial charge in [0.15, 0.2) is 0 Å². The lowest BCUT2D eigenvalue weighted by atomic mass is 10.0. The van der Waals surface area contributed by atoms with Crippen molar-refractivity contribution < 1.29 is 4.74 Å². The summed E-state index contributed by atoms with van der Waals surface area (Å²) in [5.74, 6) is 0. The molecule has 0 saturated carbocycles. The molecule has 0 aromatic rings. The number of nitrogens with one attached hydrogen (secondary N) is 1. The van der Waals surface area contributed by atoms with Crippen molar-refractivity contribution in [3.05, 3.63) is 0 Å². The van der Waals surface area contributed by atoms with Gasteiger partial charge in [0.2, 0.25) is 0 Å². The minimum absolute atomic E-state index is 0.155. The van der Waals surface area contributed by atoms with Gasteiger partial charge in [0, 0.05) is 25.7 Å². The second-order valence-corrected chi connectivity index (χ2v) is 4.35. The van der Waals surface area contributed by atoms with Gasteiger partial charge >= 0.3 is 0 Å². The first-order valence-electron chi connectivity index (χ1n) is 5.62. The lowest BCUT2D eigenvalue weighted by molar-refractivity contribution is -0.0181. The smallest absolute Gasteiger partial charge is 0.0855 e. The van der Waals surface area contributed by atoms with Gasteiger partial charge in [-0.25, -0.2) is 0 Å². The minimum Gasteiger partial charge on any atom is -0.375 e. The predicted molar refractivity (Wildman–Crippen MR) is 56.0 cm³/mol. The van der Waals surface area contributed by atoms with Gasteiger partial charge in [0.1, 0.15) is 0 Å². The Hall–Kier alpha value is -0.160. The average molecular weight is 199 g/mol. The van der Waals surface area contributed by atoms with Gasteiger partial charge in [-0.05, 0) is 26.3 Å². The Labute approximate surface area is 85.8 Å². The largest absolute Gasteiger partial charge is 0.375 e. The second kappa shape index (κ2) is 4.57. The maximum atomic E-state index is 5.88. The van der Waals surface area contributed by atoms with Crippen LogP contribution < -0.4 is 11.1 Å². The number of fused-ring (bicyclic) bond motifs is 1. The Morgan fingerprint density at radius 1 is 1.57 bits per heavy atom. The number of hydrogen-bond donors (Lipinski definition) is 2. The van der Waals surface area contributed by atoms with Crippen LogP contribution >= 0.6 is 0 Å². The summed E-state index contributed by atoms with van der Waals surface area (Å²) in [6.45, 7) is 6.11. The Morgan fingerprint density at radius 2 is 2.43 bits per heavy atom. The summed E-state index contributed by atoms with van der Waals surface area (Å²) in [6, 6.07) is 0.549. The highest BCUT2D eigenvalue weighted by atomic mass is 16.5. The van der Waals surface area contributed by atoms with Gasteiger partial charge in [-0.15, -0.1) is 0 Å². The third-order valence-corrected chi connectivity index (χ3v) is 3.23. The van der Waals surface area contributed by atoms with Crippen molar-refractivity contribution in [2.75, 3.05) is 26.2 Å². The van der Waals surface area contributed by atoms with Crippen LogP contribution in [-0.2, 0) is 4.74 Å². The molecule has 4 heteroatoms. The zero-order chi connectivity index (χ0) is 9.97. The van der Waals surface area contributed by atoms with E-state index < -0.39 is 0 Å². The highest BCUT2D eigenvalue weighted by Crippen LogP contribution is 2.17. The standard InChI is InChI=1S/C10H21N3O/c1-8(11)13-5-3-9-10(7-13)14-6-2-4-12-9/h8-10,12H,2-7,11H2,1H3/t8?,9-,10-/m1/s1. The molecule has 14 heavy (non-hydrogen) atoms. The minimum atomic E-state index is 0.155. The maximum Gasteiger partial charge on any atom is 0.0855 e. The summed E-state index contributed by atoms with van der Waals surface area (Å²) in [5.41, 5.74) is 5.88. The first-order chi connectivity index (χ1) is 6.77. The SMILES string of the molecule is CC(N)N1CC[C@H]2NCCCO[C@@H]2C1. The molecule has 2 heterocycles. The van der Waals surface area contributed by atoms with Crippen LogP contribution in [0.15, 0.2) is 0 Å². The zero-order valence-electron chi connectivity index (χ0n) is 8.91. The number of ether oxygens (including phenoxy) is 1. The molecule has 2 aliphatic rings.